The van der Waals surface area contributed by atoms with Crippen molar-refractivity contribution < 1.29 is 33.4 Å². The third-order valence-corrected chi connectivity index (χ3v) is 7.14. The van der Waals surface area contributed by atoms with Gasteiger partial charge in [-0.15, -0.1) is 0 Å². The number of nitrogens with one attached hydrogen (secondary N) is 4. The minimum atomic E-state index is -0.655. The highest BCUT2D eigenvalue weighted by Gasteiger charge is 2.40. The van der Waals surface area contributed by atoms with E-state index in [-0.39, 0.29) is 69.3 Å². The zero-order valence-corrected chi connectivity index (χ0v) is 22.8. The fourth-order valence-electron chi connectivity index (χ4n) is 5.06. The summed E-state index contributed by atoms with van der Waals surface area (Å²) in [5, 5.41) is 11.9. The molecule has 0 aliphatic carbocycles. The summed E-state index contributed by atoms with van der Waals surface area (Å²) in [6, 6.07) is 8.14. The summed E-state index contributed by atoms with van der Waals surface area (Å²) in [5.41, 5.74) is 0.637. The van der Waals surface area contributed by atoms with Crippen molar-refractivity contribution in [2.45, 2.75) is 37.4 Å². The lowest BCUT2D eigenvalue weighted by Crippen LogP contribution is -2.51. The van der Waals surface area contributed by atoms with Crippen LogP contribution in [0.4, 0.5) is 10.5 Å². The number of benzene rings is 1. The van der Waals surface area contributed by atoms with Crippen LogP contribution in [0.2, 0.25) is 0 Å². The van der Waals surface area contributed by atoms with Gasteiger partial charge >= 0.3 is 6.03 Å². The second-order valence-electron chi connectivity index (χ2n) is 10.1. The van der Waals surface area contributed by atoms with Gasteiger partial charge in [-0.25, -0.2) is 4.79 Å². The van der Waals surface area contributed by atoms with E-state index in [9.17, 15) is 19.2 Å². The molecule has 220 valence electrons. The third kappa shape index (κ3) is 9.15. The molecule has 0 saturated carbocycles. The number of carbonyl (C=O) groups excluding carboxylic acids is 4. The molecule has 3 saturated heterocycles. The zero-order valence-electron chi connectivity index (χ0n) is 22.8. The summed E-state index contributed by atoms with van der Waals surface area (Å²) in [5.74, 6) is -0.952. The topological polar surface area (TPSA) is 151 Å². The van der Waals surface area contributed by atoms with E-state index < -0.39 is 12.1 Å². The summed E-state index contributed by atoms with van der Waals surface area (Å²) < 4.78 is 16.4. The molecule has 13 heteroatoms. The predicted octanol–water partition coefficient (Wildman–Crippen LogP) is -0.462. The number of urea groups is 1. The minimum Gasteiger partial charge on any atom is -0.381 e. The summed E-state index contributed by atoms with van der Waals surface area (Å²) in [6.45, 7) is 2.61. The van der Waals surface area contributed by atoms with Gasteiger partial charge in [0.15, 0.2) is 0 Å². The second-order valence-corrected chi connectivity index (χ2v) is 10.1. The quantitative estimate of drug-likeness (QED) is 0.365. The molecular formula is C27H40N6O7. The molecule has 0 bridgehead atoms. The van der Waals surface area contributed by atoms with Crippen LogP contribution < -0.4 is 21.3 Å². The molecule has 4 rings (SSSR count). The maximum absolute atomic E-state index is 13.6. The van der Waals surface area contributed by atoms with Crippen molar-refractivity contribution in [3.05, 3.63) is 30.3 Å². The van der Waals surface area contributed by atoms with Crippen molar-refractivity contribution in [3.63, 3.8) is 0 Å². The number of amides is 5. The van der Waals surface area contributed by atoms with Gasteiger partial charge in [-0.3, -0.25) is 14.4 Å². The Labute approximate surface area is 234 Å². The lowest BCUT2D eigenvalue weighted by Gasteiger charge is -2.29. The van der Waals surface area contributed by atoms with E-state index >= 15 is 0 Å². The molecule has 0 spiro atoms. The Morgan fingerprint density at radius 2 is 1.68 bits per heavy atom. The van der Waals surface area contributed by atoms with Crippen LogP contribution in [0.1, 0.15) is 19.3 Å². The highest BCUT2D eigenvalue weighted by molar-refractivity contribution is 5.91. The number of anilines is 1. The summed E-state index contributed by atoms with van der Waals surface area (Å²) in [7, 11) is 0. The van der Waals surface area contributed by atoms with E-state index in [1.54, 1.807) is 17.0 Å². The van der Waals surface area contributed by atoms with Crippen molar-refractivity contribution in [1.29, 1.82) is 0 Å². The molecule has 3 fully saturated rings. The number of rotatable bonds is 6. The second kappa shape index (κ2) is 15.5. The van der Waals surface area contributed by atoms with E-state index in [1.807, 2.05) is 18.2 Å². The lowest BCUT2D eigenvalue weighted by atomic mass is 10.1. The van der Waals surface area contributed by atoms with Crippen molar-refractivity contribution in [2.24, 2.45) is 0 Å². The first kappa shape index (κ1) is 29.7. The molecule has 4 N–H and O–H groups in total. The van der Waals surface area contributed by atoms with Gasteiger partial charge in [-0.2, -0.15) is 0 Å². The molecular weight excluding hydrogens is 520 g/mol. The van der Waals surface area contributed by atoms with Crippen molar-refractivity contribution in [2.75, 3.05) is 77.7 Å². The lowest BCUT2D eigenvalue weighted by molar-refractivity contribution is -0.145. The maximum atomic E-state index is 13.6. The molecule has 0 aromatic heterocycles. The van der Waals surface area contributed by atoms with Crippen molar-refractivity contribution in [1.82, 2.24) is 25.8 Å². The largest absolute Gasteiger partial charge is 0.381 e. The molecule has 3 aliphatic rings. The fourth-order valence-corrected chi connectivity index (χ4v) is 5.06. The van der Waals surface area contributed by atoms with E-state index in [0.717, 1.165) is 12.8 Å². The van der Waals surface area contributed by atoms with E-state index in [2.05, 4.69) is 21.3 Å². The van der Waals surface area contributed by atoms with Crippen molar-refractivity contribution in [3.8, 4) is 0 Å². The molecule has 0 radical (unpaired) electrons. The smallest absolute Gasteiger partial charge is 0.319 e. The van der Waals surface area contributed by atoms with Crippen LogP contribution in [0.5, 0.6) is 0 Å². The zero-order chi connectivity index (χ0) is 28.2. The Kier molecular flexibility index (Phi) is 11.5. The summed E-state index contributed by atoms with van der Waals surface area (Å²) in [4.78, 5) is 54.9. The summed E-state index contributed by atoms with van der Waals surface area (Å²) in [6.07, 6.45) is 2.24. The average Bonchev–Trinajstić information content (AvgIpc) is 3.38. The Balaban J connectivity index is 1.39. The highest BCUT2D eigenvalue weighted by Crippen LogP contribution is 2.21. The first-order valence-corrected chi connectivity index (χ1v) is 13.9. The molecule has 0 unspecified atom stereocenters. The predicted molar refractivity (Wildman–Crippen MR) is 146 cm³/mol. The SMILES string of the molecule is O=C(NCCN1CC(=O)N2C[C@@H](NC3CCOCC3)C[C@H]2C(=O)NCCOCCOCC1=O)Nc1ccccc1. The van der Waals surface area contributed by atoms with E-state index in [0.29, 0.717) is 45.0 Å². The van der Waals surface area contributed by atoms with Gasteiger partial charge in [0, 0.05) is 57.2 Å². The Morgan fingerprint density at radius 1 is 0.925 bits per heavy atom. The normalized spacial score (nSPS) is 24.1. The van der Waals surface area contributed by atoms with Gasteiger partial charge < -0.3 is 45.3 Å². The van der Waals surface area contributed by atoms with Gasteiger partial charge in [0.2, 0.25) is 17.7 Å². The number of fused-ring (bicyclic) bond motifs is 1. The monoisotopic (exact) mass is 560 g/mol. The van der Waals surface area contributed by atoms with Crippen LogP contribution in [0, 0.1) is 0 Å². The molecule has 13 nitrogen and oxygen atoms in total. The Morgan fingerprint density at radius 3 is 2.48 bits per heavy atom. The Bertz CT molecular complexity index is 991. The van der Waals surface area contributed by atoms with Gasteiger partial charge in [-0.05, 0) is 31.4 Å². The molecule has 1 aromatic carbocycles. The van der Waals surface area contributed by atoms with E-state index in [1.165, 1.54) is 4.90 Å². The fraction of sp³-hybridized carbons (Fsp3) is 0.630. The number of para-hydroxylation sites is 1. The first-order chi connectivity index (χ1) is 19.5. The van der Waals surface area contributed by atoms with Gasteiger partial charge in [0.1, 0.15) is 12.6 Å². The van der Waals surface area contributed by atoms with Gasteiger partial charge in [-0.1, -0.05) is 18.2 Å². The summed E-state index contributed by atoms with van der Waals surface area (Å²) >= 11 is 0. The molecule has 40 heavy (non-hydrogen) atoms. The van der Waals surface area contributed by atoms with Crippen LogP contribution in [0.15, 0.2) is 30.3 Å². The number of carbonyl (C=O) groups is 4. The highest BCUT2D eigenvalue weighted by atomic mass is 16.5. The van der Waals surface area contributed by atoms with Crippen LogP contribution in [-0.2, 0) is 28.6 Å². The molecule has 3 aliphatic heterocycles. The van der Waals surface area contributed by atoms with Crippen molar-refractivity contribution >= 4 is 29.4 Å². The average molecular weight is 561 g/mol. The van der Waals surface area contributed by atoms with Crippen LogP contribution in [0.25, 0.3) is 0 Å². The van der Waals surface area contributed by atoms with Crippen LogP contribution >= 0.6 is 0 Å². The van der Waals surface area contributed by atoms with Crippen LogP contribution in [0.3, 0.4) is 0 Å². The minimum absolute atomic E-state index is 0.0474. The van der Waals surface area contributed by atoms with Gasteiger partial charge in [0.25, 0.3) is 0 Å². The third-order valence-electron chi connectivity index (χ3n) is 7.14. The van der Waals surface area contributed by atoms with Gasteiger partial charge in [0.05, 0.1) is 26.4 Å². The van der Waals surface area contributed by atoms with E-state index in [4.69, 9.17) is 14.2 Å². The molecule has 2 atom stereocenters. The Hall–Kier alpha value is -3.26. The molecule has 3 heterocycles. The first-order valence-electron chi connectivity index (χ1n) is 13.9. The maximum Gasteiger partial charge on any atom is 0.319 e. The van der Waals surface area contributed by atoms with Crippen LogP contribution in [-0.4, -0.2) is 124 Å². The standard InChI is InChI=1S/C27H40N6O7/c34-24-18-32(10-8-29-27(37)31-20-4-2-1-3-5-20)25(35)19-40-15-14-39-13-9-28-26(36)23-16-22(17-33(23)24)30-21-6-11-38-12-7-21/h1-5,21-23,30H,6-19H2,(H,28,36)(H2,29,31,37)/t22-,23-/m0/s1. The molecule has 1 aromatic rings. The number of hydrogen-bond donors (Lipinski definition) is 4. The number of hydrogen-bond acceptors (Lipinski definition) is 8. The molecule has 5 amide bonds. The number of ether oxygens (including phenoxy) is 3. The number of nitrogens with zero attached hydrogens (tertiary/aromatic N) is 2.